The SMILES string of the molecule is CC(C)NC(C)(C#N)CCCN1C(=O)C2CC2C1=O. The molecule has 2 aliphatic rings. The van der Waals surface area contributed by atoms with Gasteiger partial charge in [-0.15, -0.1) is 0 Å². The van der Waals surface area contributed by atoms with Crippen molar-refractivity contribution in [2.75, 3.05) is 6.54 Å². The smallest absolute Gasteiger partial charge is 0.233 e. The van der Waals surface area contributed by atoms with Crippen LogP contribution in [0.25, 0.3) is 0 Å². The Hall–Kier alpha value is -1.41. The molecule has 0 aromatic rings. The van der Waals surface area contributed by atoms with E-state index in [2.05, 4.69) is 11.4 Å². The average molecular weight is 263 g/mol. The molecule has 1 saturated carbocycles. The highest BCUT2D eigenvalue weighted by atomic mass is 16.2. The number of likely N-dealkylation sites (tertiary alicyclic amines) is 1. The molecule has 0 spiro atoms. The summed E-state index contributed by atoms with van der Waals surface area (Å²) in [5.74, 6) is -0.0664. The summed E-state index contributed by atoms with van der Waals surface area (Å²) in [5, 5.41) is 12.4. The molecule has 0 aromatic heterocycles. The molecule has 19 heavy (non-hydrogen) atoms. The fourth-order valence-corrected chi connectivity index (χ4v) is 2.86. The number of amides is 2. The lowest BCUT2D eigenvalue weighted by molar-refractivity contribution is -0.141. The molecule has 5 nitrogen and oxygen atoms in total. The van der Waals surface area contributed by atoms with Crippen LogP contribution in [0, 0.1) is 23.2 Å². The van der Waals surface area contributed by atoms with Crippen molar-refractivity contribution in [1.82, 2.24) is 10.2 Å². The van der Waals surface area contributed by atoms with Crippen molar-refractivity contribution in [3.8, 4) is 6.07 Å². The molecule has 3 unspecified atom stereocenters. The number of nitriles is 1. The number of nitrogens with zero attached hydrogens (tertiary/aromatic N) is 2. The lowest BCUT2D eigenvalue weighted by atomic mass is 9.96. The quantitative estimate of drug-likeness (QED) is 0.727. The largest absolute Gasteiger partial charge is 0.297 e. The predicted molar refractivity (Wildman–Crippen MR) is 69.8 cm³/mol. The minimum absolute atomic E-state index is 0.00882. The standard InChI is InChI=1S/C14H21N3O2/c1-9(2)16-14(3,8-15)5-4-6-17-12(18)10-7-11(10)13(17)19/h9-11,16H,4-7H2,1-3H3. The van der Waals surface area contributed by atoms with Gasteiger partial charge in [-0.05, 0) is 40.0 Å². The molecule has 3 atom stereocenters. The molecule has 0 aromatic carbocycles. The van der Waals surface area contributed by atoms with Crippen molar-refractivity contribution in [3.63, 3.8) is 0 Å². The van der Waals surface area contributed by atoms with E-state index in [9.17, 15) is 14.9 Å². The van der Waals surface area contributed by atoms with Crippen LogP contribution in [0.2, 0.25) is 0 Å². The van der Waals surface area contributed by atoms with E-state index in [0.29, 0.717) is 19.4 Å². The first-order valence-electron chi connectivity index (χ1n) is 6.92. The molecule has 5 heteroatoms. The summed E-state index contributed by atoms with van der Waals surface area (Å²) in [6, 6.07) is 2.50. The maximum atomic E-state index is 11.8. The summed E-state index contributed by atoms with van der Waals surface area (Å²) >= 11 is 0. The zero-order valence-corrected chi connectivity index (χ0v) is 11.8. The average Bonchev–Trinajstić information content (AvgIpc) is 3.08. The molecule has 1 saturated heterocycles. The van der Waals surface area contributed by atoms with E-state index >= 15 is 0 Å². The number of piperidine rings is 1. The van der Waals surface area contributed by atoms with Gasteiger partial charge in [0.25, 0.3) is 0 Å². The van der Waals surface area contributed by atoms with E-state index in [-0.39, 0.29) is 29.7 Å². The zero-order valence-electron chi connectivity index (χ0n) is 11.8. The Bertz CT molecular complexity index is 420. The van der Waals surface area contributed by atoms with Gasteiger partial charge in [0.15, 0.2) is 0 Å². The molecule has 1 N–H and O–H groups in total. The minimum atomic E-state index is -0.594. The minimum Gasteiger partial charge on any atom is -0.297 e. The maximum absolute atomic E-state index is 11.8. The van der Waals surface area contributed by atoms with Crippen LogP contribution in [0.1, 0.15) is 40.0 Å². The van der Waals surface area contributed by atoms with E-state index in [1.54, 1.807) is 0 Å². The van der Waals surface area contributed by atoms with Gasteiger partial charge in [-0.2, -0.15) is 5.26 Å². The van der Waals surface area contributed by atoms with Crippen molar-refractivity contribution in [3.05, 3.63) is 0 Å². The monoisotopic (exact) mass is 263 g/mol. The number of rotatable bonds is 6. The van der Waals surface area contributed by atoms with Gasteiger partial charge in [0.1, 0.15) is 5.54 Å². The van der Waals surface area contributed by atoms with Crippen LogP contribution < -0.4 is 5.32 Å². The Morgan fingerprint density at radius 1 is 1.42 bits per heavy atom. The van der Waals surface area contributed by atoms with Crippen LogP contribution in [-0.4, -0.2) is 34.8 Å². The first-order valence-corrected chi connectivity index (χ1v) is 6.92. The van der Waals surface area contributed by atoms with Gasteiger partial charge in [-0.1, -0.05) is 0 Å². The molecule has 0 bridgehead atoms. The van der Waals surface area contributed by atoms with E-state index in [0.717, 1.165) is 6.42 Å². The van der Waals surface area contributed by atoms with Crippen LogP contribution in [0.3, 0.4) is 0 Å². The van der Waals surface area contributed by atoms with Crippen LogP contribution >= 0.6 is 0 Å². The number of hydrogen-bond acceptors (Lipinski definition) is 4. The van der Waals surface area contributed by atoms with Crippen molar-refractivity contribution in [2.45, 2.75) is 51.6 Å². The van der Waals surface area contributed by atoms with Gasteiger partial charge in [-0.3, -0.25) is 19.8 Å². The Kier molecular flexibility index (Phi) is 3.64. The van der Waals surface area contributed by atoms with E-state index in [4.69, 9.17) is 0 Å². The highest BCUT2D eigenvalue weighted by Gasteiger charge is 2.58. The Morgan fingerprint density at radius 3 is 2.47 bits per heavy atom. The maximum Gasteiger partial charge on any atom is 0.233 e. The van der Waals surface area contributed by atoms with Gasteiger partial charge in [0.2, 0.25) is 11.8 Å². The third-order valence-electron chi connectivity index (χ3n) is 3.87. The van der Waals surface area contributed by atoms with Gasteiger partial charge in [0.05, 0.1) is 17.9 Å². The Morgan fingerprint density at radius 2 is 2.00 bits per heavy atom. The summed E-state index contributed by atoms with van der Waals surface area (Å²) in [7, 11) is 0. The third-order valence-corrected chi connectivity index (χ3v) is 3.87. The summed E-state index contributed by atoms with van der Waals surface area (Å²) in [6.45, 7) is 6.30. The summed E-state index contributed by atoms with van der Waals surface area (Å²) < 4.78 is 0. The van der Waals surface area contributed by atoms with Gasteiger partial charge >= 0.3 is 0 Å². The molecule has 2 amide bonds. The normalized spacial score (nSPS) is 28.3. The Labute approximate surface area is 113 Å². The first kappa shape index (κ1) is 14.0. The summed E-state index contributed by atoms with van der Waals surface area (Å²) in [4.78, 5) is 25.0. The number of imide groups is 1. The van der Waals surface area contributed by atoms with E-state index in [1.807, 2.05) is 20.8 Å². The fraction of sp³-hybridized carbons (Fsp3) is 0.786. The molecule has 1 aliphatic heterocycles. The second-order valence-corrected chi connectivity index (χ2v) is 6.12. The van der Waals surface area contributed by atoms with Gasteiger partial charge in [-0.25, -0.2) is 0 Å². The predicted octanol–water partition coefficient (Wildman–Crippen LogP) is 1.05. The van der Waals surface area contributed by atoms with Crippen LogP contribution in [-0.2, 0) is 9.59 Å². The lowest BCUT2D eigenvalue weighted by Crippen LogP contribution is -2.45. The summed E-state index contributed by atoms with van der Waals surface area (Å²) in [5.41, 5.74) is -0.594. The molecule has 2 fully saturated rings. The molecule has 1 aliphatic carbocycles. The number of carbonyl (C=O) groups is 2. The first-order chi connectivity index (χ1) is 8.88. The third kappa shape index (κ3) is 2.79. The molecular formula is C14H21N3O2. The van der Waals surface area contributed by atoms with Crippen molar-refractivity contribution >= 4 is 11.8 Å². The zero-order chi connectivity index (χ0) is 14.2. The van der Waals surface area contributed by atoms with E-state index < -0.39 is 5.54 Å². The molecule has 104 valence electrons. The van der Waals surface area contributed by atoms with Crippen LogP contribution in [0.4, 0.5) is 0 Å². The van der Waals surface area contributed by atoms with Crippen molar-refractivity contribution in [1.29, 1.82) is 5.26 Å². The molecule has 1 heterocycles. The lowest BCUT2D eigenvalue weighted by Gasteiger charge is -2.26. The highest BCUT2D eigenvalue weighted by Crippen LogP contribution is 2.46. The van der Waals surface area contributed by atoms with Gasteiger partial charge in [0, 0.05) is 12.6 Å². The van der Waals surface area contributed by atoms with Crippen LogP contribution in [0.5, 0.6) is 0 Å². The topological polar surface area (TPSA) is 73.2 Å². The molecule has 2 rings (SSSR count). The fourth-order valence-electron chi connectivity index (χ4n) is 2.86. The second kappa shape index (κ2) is 4.93. The van der Waals surface area contributed by atoms with Crippen LogP contribution in [0.15, 0.2) is 0 Å². The summed E-state index contributed by atoms with van der Waals surface area (Å²) in [6.07, 6.45) is 2.05. The van der Waals surface area contributed by atoms with E-state index in [1.165, 1.54) is 4.90 Å². The molecular weight excluding hydrogens is 242 g/mol. The van der Waals surface area contributed by atoms with Crippen molar-refractivity contribution < 1.29 is 9.59 Å². The second-order valence-electron chi connectivity index (χ2n) is 6.12. The number of fused-ring (bicyclic) bond motifs is 1. The number of carbonyl (C=O) groups excluding carboxylic acids is 2. The van der Waals surface area contributed by atoms with Gasteiger partial charge < -0.3 is 0 Å². The number of nitrogens with one attached hydrogen (secondary N) is 1. The molecule has 0 radical (unpaired) electrons. The Balaban J connectivity index is 1.82. The van der Waals surface area contributed by atoms with Crippen molar-refractivity contribution in [2.24, 2.45) is 11.8 Å². The highest BCUT2D eigenvalue weighted by molar-refractivity contribution is 6.08. The number of hydrogen-bond donors (Lipinski definition) is 1.